The van der Waals surface area contributed by atoms with Gasteiger partial charge in [0.15, 0.2) is 0 Å². The van der Waals surface area contributed by atoms with Crippen molar-refractivity contribution < 1.29 is 9.90 Å². The average molecular weight is 264 g/mol. The van der Waals surface area contributed by atoms with E-state index in [2.05, 4.69) is 21.2 Å². The van der Waals surface area contributed by atoms with Crippen molar-refractivity contribution in [1.29, 1.82) is 0 Å². The Bertz CT molecular complexity index is 199. The molecule has 0 aromatic heterocycles. The molecule has 0 aromatic rings. The van der Waals surface area contributed by atoms with Crippen LogP contribution >= 0.6 is 15.9 Å². The van der Waals surface area contributed by atoms with Gasteiger partial charge < -0.3 is 10.4 Å². The zero-order valence-electron chi connectivity index (χ0n) is 8.50. The van der Waals surface area contributed by atoms with E-state index in [1.54, 1.807) is 0 Å². The van der Waals surface area contributed by atoms with Gasteiger partial charge in [-0.15, -0.1) is 0 Å². The molecule has 1 aliphatic carbocycles. The van der Waals surface area contributed by atoms with Crippen LogP contribution in [0.5, 0.6) is 0 Å². The average Bonchev–Trinajstić information content (AvgIpc) is 2.20. The lowest BCUT2D eigenvalue weighted by molar-refractivity contribution is -0.122. The number of alkyl halides is 1. The van der Waals surface area contributed by atoms with E-state index in [1.165, 1.54) is 0 Å². The summed E-state index contributed by atoms with van der Waals surface area (Å²) in [5, 5.41) is 12.5. The number of carbonyl (C=O) groups is 1. The molecule has 4 heteroatoms. The molecule has 82 valence electrons. The Morgan fingerprint density at radius 1 is 1.57 bits per heavy atom. The minimum Gasteiger partial charge on any atom is -0.391 e. The van der Waals surface area contributed by atoms with Crippen molar-refractivity contribution in [3.63, 3.8) is 0 Å². The van der Waals surface area contributed by atoms with E-state index < -0.39 is 0 Å². The van der Waals surface area contributed by atoms with Crippen LogP contribution in [0.15, 0.2) is 0 Å². The molecule has 3 nitrogen and oxygen atoms in total. The third-order valence-corrected chi connectivity index (χ3v) is 3.76. The molecule has 3 unspecified atom stereocenters. The van der Waals surface area contributed by atoms with E-state index in [9.17, 15) is 9.90 Å². The summed E-state index contributed by atoms with van der Waals surface area (Å²) in [6, 6.07) is -0.0390. The van der Waals surface area contributed by atoms with Crippen LogP contribution in [-0.4, -0.2) is 28.0 Å². The van der Waals surface area contributed by atoms with Gasteiger partial charge in [0.25, 0.3) is 0 Å². The summed E-state index contributed by atoms with van der Waals surface area (Å²) in [6.07, 6.45) is 4.29. The zero-order chi connectivity index (χ0) is 10.6. The lowest BCUT2D eigenvalue weighted by atomic mass is 9.92. The Morgan fingerprint density at radius 2 is 2.21 bits per heavy atom. The Morgan fingerprint density at radius 3 is 2.79 bits per heavy atom. The molecular formula is C10H18BrNO2. The quantitative estimate of drug-likeness (QED) is 0.760. The van der Waals surface area contributed by atoms with E-state index in [4.69, 9.17) is 0 Å². The largest absolute Gasteiger partial charge is 0.391 e. The van der Waals surface area contributed by atoms with Crippen molar-refractivity contribution in [2.75, 3.05) is 0 Å². The van der Waals surface area contributed by atoms with Crippen molar-refractivity contribution in [1.82, 2.24) is 5.32 Å². The van der Waals surface area contributed by atoms with E-state index in [1.807, 2.05) is 6.92 Å². The number of carbonyl (C=O) groups excluding carboxylic acids is 1. The molecule has 0 bridgehead atoms. The number of halogens is 1. The highest BCUT2D eigenvalue weighted by molar-refractivity contribution is 9.10. The van der Waals surface area contributed by atoms with Gasteiger partial charge in [0, 0.05) is 0 Å². The SMILES string of the molecule is CCC(Br)C(=O)NC1CCCCC1O. The molecule has 0 saturated heterocycles. The lowest BCUT2D eigenvalue weighted by Gasteiger charge is -2.28. The number of hydrogen-bond acceptors (Lipinski definition) is 2. The Hall–Kier alpha value is -0.0900. The van der Waals surface area contributed by atoms with Crippen LogP contribution in [0.1, 0.15) is 39.0 Å². The molecule has 1 amide bonds. The molecule has 1 aliphatic rings. The van der Waals surface area contributed by atoms with Crippen molar-refractivity contribution in [2.45, 2.75) is 56.0 Å². The van der Waals surface area contributed by atoms with Gasteiger partial charge in [0.05, 0.1) is 17.0 Å². The topological polar surface area (TPSA) is 49.3 Å². The second kappa shape index (κ2) is 5.71. The first kappa shape index (κ1) is 12.0. The van der Waals surface area contributed by atoms with Gasteiger partial charge >= 0.3 is 0 Å². The van der Waals surface area contributed by atoms with Crippen LogP contribution in [0.25, 0.3) is 0 Å². The van der Waals surface area contributed by atoms with Crippen molar-refractivity contribution in [3.8, 4) is 0 Å². The van der Waals surface area contributed by atoms with Crippen LogP contribution in [0.4, 0.5) is 0 Å². The first-order chi connectivity index (χ1) is 6.65. The first-order valence-electron chi connectivity index (χ1n) is 5.27. The second-order valence-electron chi connectivity index (χ2n) is 3.84. The number of aliphatic hydroxyl groups is 1. The van der Waals surface area contributed by atoms with Gasteiger partial charge in [0.2, 0.25) is 5.91 Å². The van der Waals surface area contributed by atoms with Crippen LogP contribution in [0.2, 0.25) is 0 Å². The standard InChI is InChI=1S/C10H18BrNO2/c1-2-7(11)10(14)12-8-5-3-4-6-9(8)13/h7-9,13H,2-6H2,1H3,(H,12,14). The maximum Gasteiger partial charge on any atom is 0.234 e. The predicted molar refractivity (Wildman–Crippen MR) is 59.4 cm³/mol. The summed E-state index contributed by atoms with van der Waals surface area (Å²) in [6.45, 7) is 1.95. The van der Waals surface area contributed by atoms with Gasteiger partial charge in [-0.3, -0.25) is 4.79 Å². The Labute approximate surface area is 93.4 Å². The highest BCUT2D eigenvalue weighted by Gasteiger charge is 2.25. The Kier molecular flexibility index (Phi) is 4.89. The fourth-order valence-electron chi connectivity index (χ4n) is 1.74. The molecule has 0 heterocycles. The second-order valence-corrected chi connectivity index (χ2v) is 4.95. The molecule has 1 rings (SSSR count). The number of nitrogens with one attached hydrogen (secondary N) is 1. The molecule has 1 saturated carbocycles. The molecule has 2 N–H and O–H groups in total. The van der Waals surface area contributed by atoms with Crippen LogP contribution in [0, 0.1) is 0 Å². The van der Waals surface area contributed by atoms with Crippen LogP contribution < -0.4 is 5.32 Å². The lowest BCUT2D eigenvalue weighted by Crippen LogP contribution is -2.47. The summed E-state index contributed by atoms with van der Waals surface area (Å²) in [5.74, 6) is -0.00144. The van der Waals surface area contributed by atoms with E-state index in [0.29, 0.717) is 0 Å². The fourth-order valence-corrected chi connectivity index (χ4v) is 1.87. The molecular weight excluding hydrogens is 246 g/mol. The monoisotopic (exact) mass is 263 g/mol. The summed E-state index contributed by atoms with van der Waals surface area (Å²) >= 11 is 3.30. The number of rotatable bonds is 3. The molecule has 0 aliphatic heterocycles. The summed E-state index contributed by atoms with van der Waals surface area (Å²) in [4.78, 5) is 11.4. The van der Waals surface area contributed by atoms with Gasteiger partial charge in [-0.2, -0.15) is 0 Å². The molecule has 0 spiro atoms. The number of aliphatic hydroxyl groups excluding tert-OH is 1. The van der Waals surface area contributed by atoms with E-state index >= 15 is 0 Å². The predicted octanol–water partition coefficient (Wildman–Crippen LogP) is 1.58. The first-order valence-corrected chi connectivity index (χ1v) is 6.19. The van der Waals surface area contributed by atoms with Gasteiger partial charge in [-0.25, -0.2) is 0 Å². The maximum atomic E-state index is 11.5. The van der Waals surface area contributed by atoms with E-state index in [-0.39, 0.29) is 22.9 Å². The minimum absolute atomic E-state index is 0.00144. The molecule has 0 radical (unpaired) electrons. The van der Waals surface area contributed by atoms with Crippen LogP contribution in [0.3, 0.4) is 0 Å². The number of amides is 1. The normalized spacial score (nSPS) is 29.6. The highest BCUT2D eigenvalue weighted by atomic mass is 79.9. The smallest absolute Gasteiger partial charge is 0.234 e. The van der Waals surface area contributed by atoms with Crippen molar-refractivity contribution in [2.24, 2.45) is 0 Å². The van der Waals surface area contributed by atoms with Gasteiger partial charge in [0.1, 0.15) is 0 Å². The third-order valence-electron chi connectivity index (χ3n) is 2.70. The van der Waals surface area contributed by atoms with Gasteiger partial charge in [-0.05, 0) is 19.3 Å². The molecule has 0 aromatic carbocycles. The maximum absolute atomic E-state index is 11.5. The number of hydrogen-bond donors (Lipinski definition) is 2. The van der Waals surface area contributed by atoms with Crippen molar-refractivity contribution >= 4 is 21.8 Å². The minimum atomic E-state index is -0.357. The fraction of sp³-hybridized carbons (Fsp3) is 0.900. The van der Waals surface area contributed by atoms with Crippen LogP contribution in [-0.2, 0) is 4.79 Å². The molecule has 1 fully saturated rings. The third kappa shape index (κ3) is 3.24. The Balaban J connectivity index is 2.38. The summed E-state index contributed by atoms with van der Waals surface area (Å²) in [7, 11) is 0. The van der Waals surface area contributed by atoms with Gasteiger partial charge in [-0.1, -0.05) is 35.7 Å². The highest BCUT2D eigenvalue weighted by Crippen LogP contribution is 2.19. The van der Waals surface area contributed by atoms with Crippen molar-refractivity contribution in [3.05, 3.63) is 0 Å². The zero-order valence-corrected chi connectivity index (χ0v) is 10.1. The summed E-state index contributed by atoms with van der Waals surface area (Å²) < 4.78 is 0. The molecule has 14 heavy (non-hydrogen) atoms. The summed E-state index contributed by atoms with van der Waals surface area (Å²) in [5.41, 5.74) is 0. The van der Waals surface area contributed by atoms with E-state index in [0.717, 1.165) is 32.1 Å². The molecule has 3 atom stereocenters.